The van der Waals surface area contributed by atoms with Crippen LogP contribution < -0.4 is 14.8 Å². The van der Waals surface area contributed by atoms with Crippen molar-refractivity contribution in [1.29, 1.82) is 0 Å². The van der Waals surface area contributed by atoms with Gasteiger partial charge in [-0.05, 0) is 28.1 Å². The predicted molar refractivity (Wildman–Crippen MR) is 83.4 cm³/mol. The molecule has 1 heterocycles. The van der Waals surface area contributed by atoms with E-state index < -0.39 is 0 Å². The number of carbonyl (C=O) groups is 1. The van der Waals surface area contributed by atoms with Gasteiger partial charge in [-0.3, -0.25) is 4.79 Å². The molecule has 1 aromatic heterocycles. The number of rotatable bonds is 4. The normalized spacial score (nSPS) is 10.1. The van der Waals surface area contributed by atoms with Crippen molar-refractivity contribution in [2.45, 2.75) is 0 Å². The summed E-state index contributed by atoms with van der Waals surface area (Å²) in [5.41, 5.74) is 0.358. The third kappa shape index (κ3) is 3.46. The Morgan fingerprint density at radius 3 is 2.81 bits per heavy atom. The molecule has 110 valence electrons. The van der Waals surface area contributed by atoms with Gasteiger partial charge in [-0.2, -0.15) is 0 Å². The summed E-state index contributed by atoms with van der Waals surface area (Å²) >= 11 is 9.19. The molecule has 2 aromatic rings. The lowest BCUT2D eigenvalue weighted by Gasteiger charge is -2.14. The van der Waals surface area contributed by atoms with Crippen LogP contribution in [0.3, 0.4) is 0 Å². The highest BCUT2D eigenvalue weighted by Crippen LogP contribution is 2.38. The lowest BCUT2D eigenvalue weighted by atomic mass is 10.1. The number of halogens is 2. The van der Waals surface area contributed by atoms with Gasteiger partial charge < -0.3 is 14.8 Å². The number of nitrogens with one attached hydrogen (secondary N) is 1. The first-order chi connectivity index (χ1) is 10.1. The van der Waals surface area contributed by atoms with Gasteiger partial charge in [-0.25, -0.2) is 4.98 Å². The van der Waals surface area contributed by atoms with E-state index in [4.69, 9.17) is 21.1 Å². The van der Waals surface area contributed by atoms with E-state index in [-0.39, 0.29) is 11.1 Å². The zero-order valence-electron chi connectivity index (χ0n) is 11.3. The first kappa shape index (κ1) is 15.6. The number of hydrogen-bond acceptors (Lipinski definition) is 4. The topological polar surface area (TPSA) is 60.5 Å². The minimum Gasteiger partial charge on any atom is -0.493 e. The van der Waals surface area contributed by atoms with Crippen LogP contribution in [0.25, 0.3) is 0 Å². The zero-order valence-corrected chi connectivity index (χ0v) is 13.7. The van der Waals surface area contributed by atoms with Gasteiger partial charge in [0.05, 0.1) is 17.1 Å². The molecule has 0 atom stereocenters. The second kappa shape index (κ2) is 6.78. The van der Waals surface area contributed by atoms with E-state index >= 15 is 0 Å². The molecule has 0 spiro atoms. The van der Waals surface area contributed by atoms with E-state index in [0.29, 0.717) is 27.3 Å². The minimum absolute atomic E-state index is 0.278. The third-order valence-corrected chi connectivity index (χ3v) is 3.47. The van der Waals surface area contributed by atoms with Crippen LogP contribution in [0.15, 0.2) is 34.9 Å². The largest absolute Gasteiger partial charge is 0.493 e. The van der Waals surface area contributed by atoms with Gasteiger partial charge >= 0.3 is 0 Å². The number of para-hydroxylation sites is 1. The molecule has 0 fully saturated rings. The van der Waals surface area contributed by atoms with Crippen molar-refractivity contribution in [3.8, 4) is 17.2 Å². The average molecular weight is 372 g/mol. The predicted octanol–water partition coefficient (Wildman–Crippen LogP) is 3.66. The van der Waals surface area contributed by atoms with Gasteiger partial charge in [-0.1, -0.05) is 17.7 Å². The Kier molecular flexibility index (Phi) is 5.03. The van der Waals surface area contributed by atoms with Gasteiger partial charge in [0.2, 0.25) is 0 Å². The second-order valence-corrected chi connectivity index (χ2v) is 5.20. The van der Waals surface area contributed by atoms with E-state index in [9.17, 15) is 4.79 Å². The van der Waals surface area contributed by atoms with E-state index in [2.05, 4.69) is 26.2 Å². The number of carbonyl (C=O) groups excluding carboxylic acids is 1. The molecule has 0 saturated heterocycles. The fourth-order valence-corrected chi connectivity index (χ4v) is 2.13. The fraction of sp³-hybridized carbons (Fsp3) is 0.143. The van der Waals surface area contributed by atoms with Crippen LogP contribution in [-0.2, 0) is 0 Å². The Morgan fingerprint density at radius 2 is 2.14 bits per heavy atom. The monoisotopic (exact) mass is 370 g/mol. The molecule has 2 rings (SSSR count). The number of nitrogens with zero attached hydrogens (tertiary/aromatic N) is 1. The molecule has 7 heteroatoms. The molecule has 0 unspecified atom stereocenters. The van der Waals surface area contributed by atoms with Crippen LogP contribution in [0.1, 0.15) is 10.4 Å². The lowest BCUT2D eigenvalue weighted by molar-refractivity contribution is 0.0960. The first-order valence-electron chi connectivity index (χ1n) is 5.94. The molecule has 0 radical (unpaired) electrons. The van der Waals surface area contributed by atoms with Crippen molar-refractivity contribution in [2.24, 2.45) is 0 Å². The summed E-state index contributed by atoms with van der Waals surface area (Å²) in [5, 5.41) is 2.84. The van der Waals surface area contributed by atoms with E-state index in [0.717, 1.165) is 0 Å². The van der Waals surface area contributed by atoms with Crippen molar-refractivity contribution < 1.29 is 14.3 Å². The third-order valence-electron chi connectivity index (χ3n) is 2.67. The molecule has 0 saturated carbocycles. The number of benzene rings is 1. The quantitative estimate of drug-likeness (QED) is 0.833. The summed E-state index contributed by atoms with van der Waals surface area (Å²) in [6.45, 7) is 0. The fourth-order valence-electron chi connectivity index (χ4n) is 1.68. The van der Waals surface area contributed by atoms with E-state index in [1.807, 2.05) is 0 Å². The van der Waals surface area contributed by atoms with Crippen LogP contribution in [-0.4, -0.2) is 25.0 Å². The molecule has 1 amide bonds. The first-order valence-corrected chi connectivity index (χ1v) is 7.12. The summed E-state index contributed by atoms with van der Waals surface area (Å²) in [6, 6.07) is 6.61. The van der Waals surface area contributed by atoms with Crippen LogP contribution in [0.2, 0.25) is 5.15 Å². The van der Waals surface area contributed by atoms with Gasteiger partial charge in [0.15, 0.2) is 11.5 Å². The molecule has 1 N–H and O–H groups in total. The van der Waals surface area contributed by atoms with E-state index in [1.54, 1.807) is 31.3 Å². The van der Waals surface area contributed by atoms with E-state index in [1.165, 1.54) is 13.3 Å². The average Bonchev–Trinajstić information content (AvgIpc) is 2.50. The molecule has 0 aliphatic heterocycles. The number of methoxy groups -OCH3 is 1. The van der Waals surface area contributed by atoms with Crippen molar-refractivity contribution in [1.82, 2.24) is 10.3 Å². The number of aromatic nitrogens is 1. The van der Waals surface area contributed by atoms with Crippen molar-refractivity contribution in [3.63, 3.8) is 0 Å². The second-order valence-electron chi connectivity index (χ2n) is 3.96. The summed E-state index contributed by atoms with van der Waals surface area (Å²) in [4.78, 5) is 15.9. The van der Waals surface area contributed by atoms with Gasteiger partial charge in [-0.15, -0.1) is 0 Å². The molecular formula is C14H12BrClN2O3. The summed E-state index contributed by atoms with van der Waals surface area (Å²) in [7, 11) is 3.05. The Bertz CT molecular complexity index is 679. The standard InChI is InChI=1S/C14H12BrClN2O3/c1-17-14(19)8-4-3-5-10(20-2)13(8)21-11-6-12(16)18-7-9(11)15/h3-7H,1-2H3,(H,17,19). The highest BCUT2D eigenvalue weighted by molar-refractivity contribution is 9.10. The Hall–Kier alpha value is -1.79. The van der Waals surface area contributed by atoms with Gasteiger partial charge in [0.1, 0.15) is 10.9 Å². The maximum Gasteiger partial charge on any atom is 0.254 e. The van der Waals surface area contributed by atoms with Crippen molar-refractivity contribution in [2.75, 3.05) is 14.2 Å². The molecule has 21 heavy (non-hydrogen) atoms. The van der Waals surface area contributed by atoms with Crippen LogP contribution in [0, 0.1) is 0 Å². The van der Waals surface area contributed by atoms with Gasteiger partial charge in [0.25, 0.3) is 5.91 Å². The molecule has 5 nitrogen and oxygen atoms in total. The zero-order chi connectivity index (χ0) is 15.4. The summed E-state index contributed by atoms with van der Waals surface area (Å²) in [5.74, 6) is 0.906. The van der Waals surface area contributed by atoms with Crippen molar-refractivity contribution >= 4 is 33.4 Å². The maximum atomic E-state index is 11.9. The van der Waals surface area contributed by atoms with Crippen molar-refractivity contribution in [3.05, 3.63) is 45.7 Å². The highest BCUT2D eigenvalue weighted by atomic mass is 79.9. The minimum atomic E-state index is -0.278. The van der Waals surface area contributed by atoms with Crippen LogP contribution in [0.4, 0.5) is 0 Å². The lowest BCUT2D eigenvalue weighted by Crippen LogP contribution is -2.18. The summed E-state index contributed by atoms with van der Waals surface area (Å²) in [6.07, 6.45) is 1.52. The van der Waals surface area contributed by atoms with Crippen LogP contribution in [0.5, 0.6) is 17.2 Å². The Balaban J connectivity index is 2.51. The molecule has 0 aliphatic carbocycles. The molecule has 0 bridgehead atoms. The summed E-state index contributed by atoms with van der Waals surface area (Å²) < 4.78 is 11.7. The smallest absolute Gasteiger partial charge is 0.254 e. The number of ether oxygens (including phenoxy) is 2. The number of hydrogen-bond donors (Lipinski definition) is 1. The molecule has 0 aliphatic rings. The SMILES string of the molecule is CNC(=O)c1cccc(OC)c1Oc1cc(Cl)ncc1Br. The number of pyridine rings is 1. The highest BCUT2D eigenvalue weighted by Gasteiger charge is 2.18. The molecular weight excluding hydrogens is 360 g/mol. The van der Waals surface area contributed by atoms with Gasteiger partial charge in [0, 0.05) is 19.3 Å². The number of amides is 1. The molecule has 1 aromatic carbocycles. The van der Waals surface area contributed by atoms with Crippen LogP contribution >= 0.6 is 27.5 Å². The Labute approximate surface area is 135 Å². The Morgan fingerprint density at radius 1 is 1.38 bits per heavy atom. The maximum absolute atomic E-state index is 11.9.